The summed E-state index contributed by atoms with van der Waals surface area (Å²) in [5, 5.41) is 7.33. The van der Waals surface area contributed by atoms with Crippen LogP contribution in [0.25, 0.3) is 5.69 Å². The van der Waals surface area contributed by atoms with E-state index in [2.05, 4.69) is 15.4 Å². The van der Waals surface area contributed by atoms with Gasteiger partial charge in [-0.25, -0.2) is 14.5 Å². The maximum absolute atomic E-state index is 12.6. The highest BCUT2D eigenvalue weighted by Crippen LogP contribution is 2.23. The minimum Gasteiger partial charge on any atom is -0.405 e. The number of rotatable bonds is 5. The second-order valence-corrected chi connectivity index (χ2v) is 7.02. The molecule has 1 saturated heterocycles. The number of hydrogen-bond donors (Lipinski definition) is 2. The molecule has 8 nitrogen and oxygen atoms in total. The number of aromatic nitrogens is 2. The average molecular weight is 431 g/mol. The zero-order valence-electron chi connectivity index (χ0n) is 17.0. The lowest BCUT2D eigenvalue weighted by atomic mass is 10.1. The first-order valence-electron chi connectivity index (χ1n) is 9.85. The molecular weight excluding hydrogens is 404 g/mol. The zero-order valence-corrected chi connectivity index (χ0v) is 17.0. The maximum atomic E-state index is 12.6. The predicted octanol–water partition coefficient (Wildman–Crippen LogP) is 3.30. The third-order valence-corrected chi connectivity index (χ3v) is 4.91. The summed E-state index contributed by atoms with van der Waals surface area (Å²) in [4.78, 5) is 30.7. The summed E-state index contributed by atoms with van der Waals surface area (Å²) in [5.74, 6) is 0. The van der Waals surface area contributed by atoms with Crippen LogP contribution in [-0.2, 0) is 0 Å². The van der Waals surface area contributed by atoms with Crippen LogP contribution in [0.2, 0.25) is 0 Å². The fourth-order valence-corrected chi connectivity index (χ4v) is 3.40. The van der Waals surface area contributed by atoms with Gasteiger partial charge in [0.1, 0.15) is 0 Å². The van der Waals surface area contributed by atoms with E-state index in [0.29, 0.717) is 24.5 Å². The van der Waals surface area contributed by atoms with Crippen LogP contribution < -0.4 is 21.4 Å². The number of aryl methyl sites for hydroxylation is 1. The molecule has 0 aliphatic carbocycles. The van der Waals surface area contributed by atoms with Crippen molar-refractivity contribution in [2.75, 3.05) is 18.0 Å². The van der Waals surface area contributed by atoms with Gasteiger partial charge < -0.3 is 11.1 Å². The number of allylic oxidation sites excluding steroid dienone is 1. The molecule has 1 aliphatic rings. The number of aliphatic imine (C=N–C) groups is 1. The van der Waals surface area contributed by atoms with Crippen LogP contribution in [0, 0.1) is 6.92 Å². The minimum absolute atomic E-state index is 0. The van der Waals surface area contributed by atoms with E-state index < -0.39 is 0 Å². The van der Waals surface area contributed by atoms with Gasteiger partial charge in [-0.15, -0.1) is 0 Å². The van der Waals surface area contributed by atoms with E-state index in [1.165, 1.54) is 12.3 Å². The van der Waals surface area contributed by atoms with E-state index >= 15 is 0 Å². The summed E-state index contributed by atoms with van der Waals surface area (Å²) in [6.07, 6.45) is 4.51. The van der Waals surface area contributed by atoms with Gasteiger partial charge in [-0.1, -0.05) is 25.6 Å². The van der Waals surface area contributed by atoms with E-state index in [4.69, 9.17) is 5.73 Å². The molecular formula is C24H26N6O2. The summed E-state index contributed by atoms with van der Waals surface area (Å²) in [5.41, 5.74) is 9.11. The standard InChI is InChI=1S/C23H22N6O2.CH4/c1-16-15-18(28-14-12-25-23(28)31)7-8-20(16)29-13-10-21(30)22(27-29)19(9-11-24)26-17-5-3-2-4-6-17;/h2-11,13,15H,12,14,24H2,1H3,(H,25,31);1H4. The lowest BCUT2D eigenvalue weighted by molar-refractivity contribution is 0.252. The summed E-state index contributed by atoms with van der Waals surface area (Å²) in [6, 6.07) is 16.3. The van der Waals surface area contributed by atoms with Crippen LogP contribution in [0.4, 0.5) is 16.2 Å². The number of carbonyl (C=O) groups excluding carboxylic acids is 1. The molecule has 2 aromatic carbocycles. The van der Waals surface area contributed by atoms with Gasteiger partial charge in [-0.05, 0) is 55.1 Å². The van der Waals surface area contributed by atoms with Gasteiger partial charge >= 0.3 is 6.03 Å². The molecule has 3 aromatic rings. The molecule has 2 amide bonds. The van der Waals surface area contributed by atoms with Gasteiger partial charge in [0.05, 0.1) is 17.1 Å². The Morgan fingerprint density at radius 1 is 1.16 bits per heavy atom. The minimum atomic E-state index is -0.257. The highest BCUT2D eigenvalue weighted by Gasteiger charge is 2.21. The molecule has 0 saturated carbocycles. The molecule has 3 N–H and O–H groups in total. The third-order valence-electron chi connectivity index (χ3n) is 4.91. The highest BCUT2D eigenvalue weighted by atomic mass is 16.2. The largest absolute Gasteiger partial charge is 0.405 e. The van der Waals surface area contributed by atoms with Crippen LogP contribution in [-0.4, -0.2) is 34.6 Å². The molecule has 0 atom stereocenters. The third kappa shape index (κ3) is 4.59. The number of hydrogen-bond acceptors (Lipinski definition) is 5. The average Bonchev–Trinajstić information content (AvgIpc) is 3.20. The second kappa shape index (κ2) is 9.74. The van der Waals surface area contributed by atoms with Crippen LogP contribution in [0.3, 0.4) is 0 Å². The van der Waals surface area contributed by atoms with Crippen molar-refractivity contribution in [1.29, 1.82) is 0 Å². The zero-order chi connectivity index (χ0) is 21.8. The van der Waals surface area contributed by atoms with Gasteiger partial charge in [0.15, 0.2) is 5.69 Å². The van der Waals surface area contributed by atoms with Crippen molar-refractivity contribution in [3.05, 3.63) is 94.6 Å². The molecule has 4 rings (SSSR count). The molecule has 0 radical (unpaired) electrons. The molecule has 0 unspecified atom stereocenters. The van der Waals surface area contributed by atoms with Crippen molar-refractivity contribution in [1.82, 2.24) is 15.1 Å². The van der Waals surface area contributed by atoms with Crippen LogP contribution in [0.15, 0.2) is 82.9 Å². The first-order valence-corrected chi connectivity index (χ1v) is 9.85. The molecule has 8 heteroatoms. The number of amides is 2. The van der Waals surface area contributed by atoms with E-state index in [1.54, 1.807) is 21.9 Å². The number of anilines is 1. The molecule has 0 spiro atoms. The Morgan fingerprint density at radius 2 is 1.94 bits per heavy atom. The first-order chi connectivity index (χ1) is 15.1. The van der Waals surface area contributed by atoms with E-state index in [0.717, 1.165) is 16.9 Å². The van der Waals surface area contributed by atoms with Crippen molar-refractivity contribution in [3.8, 4) is 5.69 Å². The van der Waals surface area contributed by atoms with Crippen molar-refractivity contribution in [3.63, 3.8) is 0 Å². The smallest absolute Gasteiger partial charge is 0.321 e. The Bertz CT molecular complexity index is 1230. The fraction of sp³-hybridized carbons (Fsp3) is 0.167. The number of nitrogens with zero attached hydrogens (tertiary/aromatic N) is 4. The van der Waals surface area contributed by atoms with Crippen molar-refractivity contribution >= 4 is 23.1 Å². The van der Waals surface area contributed by atoms with Gasteiger partial charge in [0.25, 0.3) is 0 Å². The maximum Gasteiger partial charge on any atom is 0.321 e. The summed E-state index contributed by atoms with van der Waals surface area (Å²) >= 11 is 0. The van der Waals surface area contributed by atoms with Crippen LogP contribution in [0.5, 0.6) is 0 Å². The Hall–Kier alpha value is -4.20. The van der Waals surface area contributed by atoms with Crippen LogP contribution in [0.1, 0.15) is 18.7 Å². The van der Waals surface area contributed by atoms with Gasteiger partial charge in [-0.3, -0.25) is 9.69 Å². The normalized spacial score (nSPS) is 13.8. The number of benzene rings is 2. The first kappa shape index (κ1) is 22.5. The Balaban J connectivity index is 0.00000289. The monoisotopic (exact) mass is 430 g/mol. The van der Waals surface area contributed by atoms with E-state index in [1.807, 2.05) is 55.5 Å². The van der Waals surface area contributed by atoms with Gasteiger partial charge in [0.2, 0.25) is 5.43 Å². The van der Waals surface area contributed by atoms with Crippen molar-refractivity contribution in [2.45, 2.75) is 14.4 Å². The molecule has 2 heterocycles. The Labute approximate surface area is 186 Å². The molecule has 32 heavy (non-hydrogen) atoms. The number of carbonyl (C=O) groups is 1. The lowest BCUT2D eigenvalue weighted by Crippen LogP contribution is -2.27. The quantitative estimate of drug-likeness (QED) is 0.606. The van der Waals surface area contributed by atoms with Crippen molar-refractivity contribution in [2.24, 2.45) is 10.7 Å². The lowest BCUT2D eigenvalue weighted by Gasteiger charge is -2.17. The summed E-state index contributed by atoms with van der Waals surface area (Å²) in [7, 11) is 0. The highest BCUT2D eigenvalue weighted by molar-refractivity contribution is 6.08. The molecule has 1 fully saturated rings. The van der Waals surface area contributed by atoms with Crippen molar-refractivity contribution < 1.29 is 4.79 Å². The van der Waals surface area contributed by atoms with E-state index in [-0.39, 0.29) is 24.6 Å². The van der Waals surface area contributed by atoms with Gasteiger partial charge in [-0.2, -0.15) is 5.10 Å². The Morgan fingerprint density at radius 3 is 2.59 bits per heavy atom. The molecule has 0 bridgehead atoms. The number of nitrogens with two attached hydrogens (primary N) is 1. The SMILES string of the molecule is C.Cc1cc(N2CCNC2=O)ccc1-n1ccc(=O)c(C(C=CN)=Nc2ccccc2)n1. The fourth-order valence-electron chi connectivity index (χ4n) is 3.40. The summed E-state index contributed by atoms with van der Waals surface area (Å²) in [6.45, 7) is 3.19. The number of para-hydroxylation sites is 1. The van der Waals surface area contributed by atoms with Crippen LogP contribution >= 0.6 is 0 Å². The van der Waals surface area contributed by atoms with E-state index in [9.17, 15) is 9.59 Å². The van der Waals surface area contributed by atoms with Gasteiger partial charge in [0, 0.05) is 31.0 Å². The predicted molar refractivity (Wildman–Crippen MR) is 128 cm³/mol. The molecule has 1 aromatic heterocycles. The Kier molecular flexibility index (Phi) is 6.84. The number of nitrogens with one attached hydrogen (secondary N) is 1. The number of urea groups is 1. The molecule has 164 valence electrons. The topological polar surface area (TPSA) is 106 Å². The summed E-state index contributed by atoms with van der Waals surface area (Å²) < 4.78 is 1.63. The molecule has 1 aliphatic heterocycles. The second-order valence-electron chi connectivity index (χ2n) is 7.02.